The van der Waals surface area contributed by atoms with Crippen molar-refractivity contribution in [3.8, 4) is 0 Å². The fourth-order valence-corrected chi connectivity index (χ4v) is 2.46. The van der Waals surface area contributed by atoms with E-state index >= 15 is 0 Å². The monoisotopic (exact) mass is 309 g/mol. The first kappa shape index (κ1) is 14.7. The predicted molar refractivity (Wildman–Crippen MR) is 82.0 cm³/mol. The van der Waals surface area contributed by atoms with Crippen LogP contribution in [0, 0.1) is 0 Å². The molecule has 5 heteroatoms. The van der Waals surface area contributed by atoms with E-state index in [4.69, 9.17) is 23.2 Å². The Hall–Kier alpha value is -1.71. The summed E-state index contributed by atoms with van der Waals surface area (Å²) in [4.78, 5) is 13.1. The molecule has 0 aliphatic heterocycles. The average molecular weight is 310 g/mol. The van der Waals surface area contributed by atoms with E-state index in [0.717, 1.165) is 5.56 Å². The molecule has 0 aliphatic rings. The molecule has 0 aliphatic carbocycles. The van der Waals surface area contributed by atoms with Crippen molar-refractivity contribution in [2.75, 3.05) is 11.9 Å². The first-order valence-corrected chi connectivity index (χ1v) is 6.72. The Bertz CT molecular complexity index is 644. The van der Waals surface area contributed by atoms with E-state index in [-0.39, 0.29) is 10.6 Å². The molecule has 0 unspecified atom stereocenters. The lowest BCUT2D eigenvalue weighted by Crippen LogP contribution is -2.19. The third-order valence-electron chi connectivity index (χ3n) is 2.98. The van der Waals surface area contributed by atoms with Crippen molar-refractivity contribution in [1.29, 1.82) is 0 Å². The van der Waals surface area contributed by atoms with Crippen LogP contribution in [0.25, 0.3) is 0 Å². The molecule has 0 bridgehead atoms. The van der Waals surface area contributed by atoms with Crippen molar-refractivity contribution in [2.45, 2.75) is 6.54 Å². The predicted octanol–water partition coefficient (Wildman–Crippen LogP) is 4.33. The number of rotatable bonds is 4. The molecule has 0 fully saturated rings. The Labute approximate surface area is 127 Å². The van der Waals surface area contributed by atoms with E-state index in [0.29, 0.717) is 17.3 Å². The summed E-state index contributed by atoms with van der Waals surface area (Å²) in [6, 6.07) is 12.5. The first-order chi connectivity index (χ1) is 9.50. The molecule has 1 N–H and O–H groups in total. The Morgan fingerprint density at radius 1 is 1.10 bits per heavy atom. The number of anilines is 1. The molecule has 2 aromatic rings. The van der Waals surface area contributed by atoms with Crippen molar-refractivity contribution in [3.05, 3.63) is 63.6 Å². The fourth-order valence-electron chi connectivity index (χ4n) is 2.01. The van der Waals surface area contributed by atoms with Gasteiger partial charge in [0.2, 0.25) is 0 Å². The molecule has 0 aromatic heterocycles. The van der Waals surface area contributed by atoms with Gasteiger partial charge in [-0.15, -0.1) is 0 Å². The highest BCUT2D eigenvalue weighted by molar-refractivity contribution is 6.34. The van der Waals surface area contributed by atoms with Gasteiger partial charge in [-0.1, -0.05) is 47.5 Å². The van der Waals surface area contributed by atoms with Crippen LogP contribution in [0.2, 0.25) is 10.0 Å². The number of benzene rings is 2. The summed E-state index contributed by atoms with van der Waals surface area (Å²) in [6.45, 7) is 0.500. The van der Waals surface area contributed by atoms with Crippen LogP contribution in [0.15, 0.2) is 42.5 Å². The molecule has 0 atom stereocenters. The van der Waals surface area contributed by atoms with E-state index in [1.165, 1.54) is 0 Å². The Morgan fingerprint density at radius 2 is 1.75 bits per heavy atom. The maximum absolute atomic E-state index is 11.3. The molecule has 104 valence electrons. The molecule has 0 amide bonds. The average Bonchev–Trinajstić information content (AvgIpc) is 2.40. The highest BCUT2D eigenvalue weighted by Gasteiger charge is 2.17. The molecule has 0 spiro atoms. The summed E-state index contributed by atoms with van der Waals surface area (Å²) in [5.41, 5.74) is 1.58. The van der Waals surface area contributed by atoms with Gasteiger partial charge in [0.15, 0.2) is 0 Å². The maximum atomic E-state index is 11.3. The summed E-state index contributed by atoms with van der Waals surface area (Å²) in [7, 11) is 1.81. The molecule has 0 radical (unpaired) electrons. The second-order valence-electron chi connectivity index (χ2n) is 4.39. The number of aromatic carboxylic acids is 1. The van der Waals surface area contributed by atoms with Gasteiger partial charge in [-0.05, 0) is 23.8 Å². The largest absolute Gasteiger partial charge is 0.478 e. The van der Waals surface area contributed by atoms with Gasteiger partial charge in [0.25, 0.3) is 0 Å². The molecular formula is C15H13Cl2NO2. The summed E-state index contributed by atoms with van der Waals surface area (Å²) in [5, 5.41) is 10.2. The number of halogens is 2. The number of nitrogens with zero attached hydrogens (tertiary/aromatic N) is 1. The summed E-state index contributed by atoms with van der Waals surface area (Å²) >= 11 is 12.1. The van der Waals surface area contributed by atoms with Crippen LogP contribution >= 0.6 is 23.2 Å². The smallest absolute Gasteiger partial charge is 0.339 e. The Balaban J connectivity index is 2.35. The van der Waals surface area contributed by atoms with Gasteiger partial charge in [0, 0.05) is 18.6 Å². The number of carboxylic acids is 1. The van der Waals surface area contributed by atoms with E-state index in [2.05, 4.69) is 0 Å². The number of hydrogen-bond acceptors (Lipinski definition) is 2. The number of carboxylic acid groups (broad SMARTS) is 1. The highest BCUT2D eigenvalue weighted by atomic mass is 35.5. The third kappa shape index (κ3) is 3.06. The van der Waals surface area contributed by atoms with Gasteiger partial charge >= 0.3 is 5.97 Å². The lowest BCUT2D eigenvalue weighted by atomic mass is 10.1. The molecule has 2 rings (SSSR count). The van der Waals surface area contributed by atoms with Crippen LogP contribution in [0.1, 0.15) is 15.9 Å². The minimum absolute atomic E-state index is 0.101. The van der Waals surface area contributed by atoms with Gasteiger partial charge in [-0.3, -0.25) is 0 Å². The van der Waals surface area contributed by atoms with Crippen LogP contribution in [0.5, 0.6) is 0 Å². The van der Waals surface area contributed by atoms with Crippen molar-refractivity contribution < 1.29 is 9.90 Å². The molecule has 20 heavy (non-hydrogen) atoms. The van der Waals surface area contributed by atoms with Crippen molar-refractivity contribution in [3.63, 3.8) is 0 Å². The van der Waals surface area contributed by atoms with E-state index in [1.54, 1.807) is 31.3 Å². The molecule has 2 aromatic carbocycles. The lowest BCUT2D eigenvalue weighted by Gasteiger charge is -2.22. The molecule has 0 saturated heterocycles. The minimum atomic E-state index is -1.04. The molecular weight excluding hydrogens is 297 g/mol. The van der Waals surface area contributed by atoms with Gasteiger partial charge in [-0.25, -0.2) is 4.79 Å². The third-order valence-corrected chi connectivity index (χ3v) is 3.67. The van der Waals surface area contributed by atoms with Gasteiger partial charge in [-0.2, -0.15) is 0 Å². The molecule has 0 saturated carbocycles. The van der Waals surface area contributed by atoms with Crippen LogP contribution < -0.4 is 4.90 Å². The number of carbonyl (C=O) groups is 1. The zero-order chi connectivity index (χ0) is 14.7. The first-order valence-electron chi connectivity index (χ1n) is 5.97. The van der Waals surface area contributed by atoms with Crippen molar-refractivity contribution in [1.82, 2.24) is 0 Å². The van der Waals surface area contributed by atoms with Gasteiger partial charge < -0.3 is 10.0 Å². The summed E-state index contributed by atoms with van der Waals surface area (Å²) < 4.78 is 0. The molecule has 0 heterocycles. The van der Waals surface area contributed by atoms with Crippen molar-refractivity contribution in [2.24, 2.45) is 0 Å². The minimum Gasteiger partial charge on any atom is -0.478 e. The van der Waals surface area contributed by atoms with E-state index in [9.17, 15) is 9.90 Å². The number of hydrogen-bond donors (Lipinski definition) is 1. The van der Waals surface area contributed by atoms with Crippen LogP contribution in [0.4, 0.5) is 5.69 Å². The van der Waals surface area contributed by atoms with E-state index < -0.39 is 5.97 Å². The fraction of sp³-hybridized carbons (Fsp3) is 0.133. The quantitative estimate of drug-likeness (QED) is 0.914. The SMILES string of the molecule is CN(Cc1ccccc1Cl)c1cccc(Cl)c1C(=O)O. The van der Waals surface area contributed by atoms with Gasteiger partial charge in [0.1, 0.15) is 5.56 Å². The zero-order valence-electron chi connectivity index (χ0n) is 10.8. The lowest BCUT2D eigenvalue weighted by molar-refractivity contribution is 0.0697. The Kier molecular flexibility index (Phi) is 4.53. The second-order valence-corrected chi connectivity index (χ2v) is 5.20. The normalized spacial score (nSPS) is 10.3. The maximum Gasteiger partial charge on any atom is 0.339 e. The summed E-state index contributed by atoms with van der Waals surface area (Å²) in [6.07, 6.45) is 0. The highest BCUT2D eigenvalue weighted by Crippen LogP contribution is 2.28. The molecule has 3 nitrogen and oxygen atoms in total. The van der Waals surface area contributed by atoms with Crippen molar-refractivity contribution >= 4 is 34.9 Å². The van der Waals surface area contributed by atoms with E-state index in [1.807, 2.05) is 23.1 Å². The second kappa shape index (κ2) is 6.16. The zero-order valence-corrected chi connectivity index (χ0v) is 12.3. The standard InChI is InChI=1S/C15H13Cl2NO2/c1-18(9-10-5-2-3-6-11(10)16)13-8-4-7-12(17)14(13)15(19)20/h2-8H,9H2,1H3,(H,19,20). The Morgan fingerprint density at radius 3 is 2.40 bits per heavy atom. The van der Waals surface area contributed by atoms with Gasteiger partial charge in [0.05, 0.1) is 10.7 Å². The topological polar surface area (TPSA) is 40.5 Å². The summed E-state index contributed by atoms with van der Waals surface area (Å²) in [5.74, 6) is -1.04. The van der Waals surface area contributed by atoms with Crippen LogP contribution in [-0.4, -0.2) is 18.1 Å². The van der Waals surface area contributed by atoms with Crippen LogP contribution in [0.3, 0.4) is 0 Å². The van der Waals surface area contributed by atoms with Crippen LogP contribution in [-0.2, 0) is 6.54 Å².